The number of hydrogen-bond donors (Lipinski definition) is 1. The van der Waals surface area contributed by atoms with E-state index < -0.39 is 0 Å². The number of ether oxygens (including phenoxy) is 1. The summed E-state index contributed by atoms with van der Waals surface area (Å²) in [5, 5.41) is 10.5. The lowest BCUT2D eigenvalue weighted by Gasteiger charge is -2.43. The summed E-state index contributed by atoms with van der Waals surface area (Å²) < 4.78 is 4.87. The highest BCUT2D eigenvalue weighted by molar-refractivity contribution is 6.42. The van der Waals surface area contributed by atoms with Gasteiger partial charge in [0.15, 0.2) is 0 Å². The number of aliphatic hydroxyl groups excluding tert-OH is 1. The molecule has 0 bridgehead atoms. The standard InChI is InChI=1S/C20H27Cl2N3O4.ClH/c1-29-20(28)24-7-8-25(16(12-24)11-23-6-2-3-15(23)13-26)19(27)10-14-4-5-17(21)18(22)9-14;/h4-5,9,15-16,26H,2-3,6-8,10-13H2,1H3;1H. The van der Waals surface area contributed by atoms with Crippen LogP contribution in [0.3, 0.4) is 0 Å². The van der Waals surface area contributed by atoms with Crippen LogP contribution in [0.1, 0.15) is 18.4 Å². The zero-order valence-corrected chi connectivity index (χ0v) is 19.3. The topological polar surface area (TPSA) is 73.3 Å². The molecule has 2 atom stereocenters. The van der Waals surface area contributed by atoms with Gasteiger partial charge in [-0.3, -0.25) is 9.69 Å². The van der Waals surface area contributed by atoms with Crippen LogP contribution < -0.4 is 0 Å². The summed E-state index contributed by atoms with van der Waals surface area (Å²) in [5.41, 5.74) is 0.799. The average Bonchev–Trinajstić information content (AvgIpc) is 3.17. The zero-order chi connectivity index (χ0) is 21.0. The number of hydrogen-bond acceptors (Lipinski definition) is 5. The molecule has 7 nitrogen and oxygen atoms in total. The van der Waals surface area contributed by atoms with E-state index in [0.29, 0.717) is 36.2 Å². The lowest BCUT2D eigenvalue weighted by molar-refractivity contribution is -0.135. The maximum absolute atomic E-state index is 13.1. The summed E-state index contributed by atoms with van der Waals surface area (Å²) in [5.74, 6) is -0.0161. The zero-order valence-electron chi connectivity index (χ0n) is 16.9. The summed E-state index contributed by atoms with van der Waals surface area (Å²) in [6.07, 6.45) is 1.80. The first kappa shape index (κ1) is 25.0. The Morgan fingerprint density at radius 1 is 1.17 bits per heavy atom. The number of carbonyl (C=O) groups excluding carboxylic acids is 2. The molecule has 2 fully saturated rings. The smallest absolute Gasteiger partial charge is 0.409 e. The number of piperazine rings is 1. The molecule has 0 radical (unpaired) electrons. The van der Waals surface area contributed by atoms with Crippen molar-refractivity contribution >= 4 is 47.6 Å². The van der Waals surface area contributed by atoms with E-state index in [9.17, 15) is 14.7 Å². The maximum atomic E-state index is 13.1. The number of nitrogens with zero attached hydrogens (tertiary/aromatic N) is 3. The molecule has 10 heteroatoms. The van der Waals surface area contributed by atoms with Crippen molar-refractivity contribution in [3.05, 3.63) is 33.8 Å². The van der Waals surface area contributed by atoms with Crippen LogP contribution in [-0.2, 0) is 16.0 Å². The van der Waals surface area contributed by atoms with Crippen molar-refractivity contribution in [1.29, 1.82) is 0 Å². The van der Waals surface area contributed by atoms with Gasteiger partial charge in [0.25, 0.3) is 0 Å². The minimum atomic E-state index is -0.383. The Kier molecular flexibility index (Phi) is 9.50. The van der Waals surface area contributed by atoms with Crippen LogP contribution in [0, 0.1) is 0 Å². The summed E-state index contributed by atoms with van der Waals surface area (Å²) in [6, 6.07) is 5.15. The van der Waals surface area contributed by atoms with Crippen LogP contribution in [0.5, 0.6) is 0 Å². The molecule has 2 unspecified atom stereocenters. The number of halogens is 3. The third-order valence-electron chi connectivity index (χ3n) is 5.73. The number of methoxy groups -OCH3 is 1. The van der Waals surface area contributed by atoms with E-state index in [2.05, 4.69) is 4.90 Å². The van der Waals surface area contributed by atoms with E-state index in [0.717, 1.165) is 24.9 Å². The van der Waals surface area contributed by atoms with Crippen molar-refractivity contribution < 1.29 is 19.4 Å². The van der Waals surface area contributed by atoms with Gasteiger partial charge in [-0.25, -0.2) is 4.79 Å². The third kappa shape index (κ3) is 5.92. The fourth-order valence-electron chi connectivity index (χ4n) is 4.17. The van der Waals surface area contributed by atoms with E-state index in [4.69, 9.17) is 27.9 Å². The Hall–Kier alpha value is -1.25. The molecule has 168 valence electrons. The van der Waals surface area contributed by atoms with Gasteiger partial charge in [0.1, 0.15) is 0 Å². The predicted molar refractivity (Wildman–Crippen MR) is 119 cm³/mol. The fourth-order valence-corrected chi connectivity index (χ4v) is 4.49. The molecule has 2 saturated heterocycles. The van der Waals surface area contributed by atoms with Crippen LogP contribution in [-0.4, -0.2) is 90.3 Å². The summed E-state index contributed by atoms with van der Waals surface area (Å²) in [7, 11) is 1.36. The number of benzene rings is 1. The fraction of sp³-hybridized carbons (Fsp3) is 0.600. The lowest BCUT2D eigenvalue weighted by Crippen LogP contribution is -2.60. The van der Waals surface area contributed by atoms with E-state index in [-0.39, 0.29) is 49.5 Å². The molecule has 3 rings (SSSR count). The molecule has 0 aliphatic carbocycles. The van der Waals surface area contributed by atoms with Crippen LogP contribution in [0.15, 0.2) is 18.2 Å². The number of aliphatic hydroxyl groups is 1. The SMILES string of the molecule is COC(=O)N1CCN(C(=O)Cc2ccc(Cl)c(Cl)c2)C(CN2CCCC2CO)C1.Cl. The number of amides is 2. The number of rotatable bonds is 5. The molecule has 2 aliphatic heterocycles. The highest BCUT2D eigenvalue weighted by Crippen LogP contribution is 2.24. The van der Waals surface area contributed by atoms with Crippen LogP contribution >= 0.6 is 35.6 Å². The van der Waals surface area contributed by atoms with Crippen molar-refractivity contribution in [1.82, 2.24) is 14.7 Å². The molecule has 1 N–H and O–H groups in total. The predicted octanol–water partition coefficient (Wildman–Crippen LogP) is 2.69. The highest BCUT2D eigenvalue weighted by Gasteiger charge is 2.36. The van der Waals surface area contributed by atoms with Crippen molar-refractivity contribution in [3.8, 4) is 0 Å². The van der Waals surface area contributed by atoms with Gasteiger partial charge in [-0.05, 0) is 37.1 Å². The average molecular weight is 481 g/mol. The first-order valence-corrected chi connectivity index (χ1v) is 10.6. The molecule has 0 spiro atoms. The van der Waals surface area contributed by atoms with E-state index >= 15 is 0 Å². The highest BCUT2D eigenvalue weighted by atomic mass is 35.5. The Bertz CT molecular complexity index is 752. The first-order chi connectivity index (χ1) is 13.9. The van der Waals surface area contributed by atoms with Gasteiger partial charge in [0, 0.05) is 32.2 Å². The molecule has 2 aliphatic rings. The first-order valence-electron chi connectivity index (χ1n) is 9.84. The summed E-state index contributed by atoms with van der Waals surface area (Å²) >= 11 is 12.1. The number of likely N-dealkylation sites (tertiary alicyclic amines) is 1. The molecule has 0 aromatic heterocycles. The summed E-state index contributed by atoms with van der Waals surface area (Å²) in [6.45, 7) is 2.89. The maximum Gasteiger partial charge on any atom is 0.409 e. The van der Waals surface area contributed by atoms with Crippen molar-refractivity contribution in [2.24, 2.45) is 0 Å². The second-order valence-electron chi connectivity index (χ2n) is 7.56. The van der Waals surface area contributed by atoms with E-state index in [1.807, 2.05) is 4.90 Å². The minimum Gasteiger partial charge on any atom is -0.453 e. The van der Waals surface area contributed by atoms with Crippen LogP contribution in [0.2, 0.25) is 10.0 Å². The van der Waals surface area contributed by atoms with E-state index in [1.54, 1.807) is 23.1 Å². The van der Waals surface area contributed by atoms with E-state index in [1.165, 1.54) is 7.11 Å². The summed E-state index contributed by atoms with van der Waals surface area (Å²) in [4.78, 5) is 30.8. The molecule has 2 amide bonds. The van der Waals surface area contributed by atoms with Crippen LogP contribution in [0.4, 0.5) is 4.79 Å². The quantitative estimate of drug-likeness (QED) is 0.701. The Morgan fingerprint density at radius 2 is 1.93 bits per heavy atom. The van der Waals surface area contributed by atoms with Gasteiger partial charge in [-0.15, -0.1) is 12.4 Å². The van der Waals surface area contributed by atoms with Gasteiger partial charge in [-0.1, -0.05) is 29.3 Å². The lowest BCUT2D eigenvalue weighted by atomic mass is 10.1. The third-order valence-corrected chi connectivity index (χ3v) is 6.47. The van der Waals surface area contributed by atoms with Crippen molar-refractivity contribution in [2.45, 2.75) is 31.3 Å². The normalized spacial score (nSPS) is 22.0. The Balaban J connectivity index is 0.00000320. The molecular weight excluding hydrogens is 453 g/mol. The Morgan fingerprint density at radius 3 is 2.60 bits per heavy atom. The molecule has 2 heterocycles. The van der Waals surface area contributed by atoms with Crippen LogP contribution in [0.25, 0.3) is 0 Å². The minimum absolute atomic E-state index is 0. The molecular formula is C20H28Cl3N3O4. The van der Waals surface area contributed by atoms with Gasteiger partial charge in [0.2, 0.25) is 5.91 Å². The molecule has 0 saturated carbocycles. The van der Waals surface area contributed by atoms with Crippen molar-refractivity contribution in [2.75, 3.05) is 46.4 Å². The van der Waals surface area contributed by atoms with Gasteiger partial charge in [-0.2, -0.15) is 0 Å². The molecule has 1 aromatic carbocycles. The largest absolute Gasteiger partial charge is 0.453 e. The van der Waals surface area contributed by atoms with Gasteiger partial charge in [0.05, 0.1) is 36.2 Å². The second-order valence-corrected chi connectivity index (χ2v) is 8.37. The second kappa shape index (κ2) is 11.4. The monoisotopic (exact) mass is 479 g/mol. The van der Waals surface area contributed by atoms with Gasteiger partial charge < -0.3 is 19.6 Å². The number of carbonyl (C=O) groups is 2. The molecule has 30 heavy (non-hydrogen) atoms. The van der Waals surface area contributed by atoms with Gasteiger partial charge >= 0.3 is 6.09 Å². The Labute approximate surface area is 193 Å². The van der Waals surface area contributed by atoms with Crippen molar-refractivity contribution in [3.63, 3.8) is 0 Å². The molecule has 1 aromatic rings.